The molecule has 5 heterocycles. The molecular formula is C15H13F3N2O3S. The molecule has 0 N–H and O–H groups in total. The first kappa shape index (κ1) is 15.6. The molecule has 2 aromatic heterocycles. The number of fused-ring (bicyclic) bond motifs is 2. The molecule has 0 aliphatic carbocycles. The van der Waals surface area contributed by atoms with Crippen LogP contribution in [-0.4, -0.2) is 34.8 Å². The first-order chi connectivity index (χ1) is 11.3. The van der Waals surface area contributed by atoms with Crippen molar-refractivity contribution in [1.82, 2.24) is 10.1 Å². The Morgan fingerprint density at radius 3 is 2.75 bits per heavy atom. The second-order valence-electron chi connectivity index (χ2n) is 5.88. The molecular weight excluding hydrogens is 345 g/mol. The molecule has 3 saturated heterocycles. The number of piperidine rings is 1. The molecule has 0 saturated carbocycles. The smallest absolute Gasteiger partial charge is 0.355 e. The monoisotopic (exact) mass is 358 g/mol. The SMILES string of the molecule is Cc1c(-c2ccc(C(=O)N3CCC4CC3O4)s2)noc1C(F)(F)F. The average Bonchev–Trinajstić information content (AvgIpc) is 3.11. The van der Waals surface area contributed by atoms with Gasteiger partial charge in [-0.05, 0) is 25.5 Å². The van der Waals surface area contributed by atoms with Gasteiger partial charge >= 0.3 is 6.18 Å². The molecule has 5 nitrogen and oxygen atoms in total. The number of aromatic nitrogens is 1. The number of amides is 1. The maximum Gasteiger partial charge on any atom is 0.452 e. The van der Waals surface area contributed by atoms with E-state index in [4.69, 9.17) is 4.74 Å². The number of carbonyl (C=O) groups excluding carboxylic acids is 1. The van der Waals surface area contributed by atoms with E-state index in [9.17, 15) is 18.0 Å². The normalized spacial score (nSPS) is 23.2. The van der Waals surface area contributed by atoms with Crippen LogP contribution in [0.2, 0.25) is 0 Å². The van der Waals surface area contributed by atoms with Gasteiger partial charge < -0.3 is 14.2 Å². The summed E-state index contributed by atoms with van der Waals surface area (Å²) in [6.45, 7) is 1.95. The highest BCUT2D eigenvalue weighted by Crippen LogP contribution is 2.39. The lowest BCUT2D eigenvalue weighted by molar-refractivity contribution is -0.217. The van der Waals surface area contributed by atoms with Gasteiger partial charge in [-0.25, -0.2) is 0 Å². The lowest BCUT2D eigenvalue weighted by atomic mass is 10.00. The molecule has 1 amide bonds. The lowest BCUT2D eigenvalue weighted by Gasteiger charge is -2.48. The summed E-state index contributed by atoms with van der Waals surface area (Å²) in [6.07, 6.45) is -2.83. The topological polar surface area (TPSA) is 55.6 Å². The highest BCUT2D eigenvalue weighted by molar-refractivity contribution is 7.17. The standard InChI is InChI=1S/C15H13F3N2O3S/c1-7-12(19-23-13(7)15(16,17)18)9-2-3-10(24-9)14(21)20-5-4-8-6-11(20)22-8/h2-3,8,11H,4-6H2,1H3. The molecule has 2 unspecified atom stereocenters. The molecule has 5 rings (SSSR count). The Labute approximate surface area is 139 Å². The third-order valence-corrected chi connectivity index (χ3v) is 5.43. The molecule has 2 atom stereocenters. The van der Waals surface area contributed by atoms with Gasteiger partial charge in [-0.2, -0.15) is 13.2 Å². The van der Waals surface area contributed by atoms with Crippen molar-refractivity contribution in [2.24, 2.45) is 0 Å². The second kappa shape index (κ2) is 5.32. The van der Waals surface area contributed by atoms with Gasteiger partial charge in [0.15, 0.2) is 0 Å². The maximum atomic E-state index is 12.8. The van der Waals surface area contributed by atoms with Gasteiger partial charge in [0.25, 0.3) is 5.91 Å². The Hall–Kier alpha value is -1.87. The van der Waals surface area contributed by atoms with Crippen molar-refractivity contribution in [2.75, 3.05) is 6.54 Å². The fourth-order valence-corrected chi connectivity index (χ4v) is 4.03. The summed E-state index contributed by atoms with van der Waals surface area (Å²) >= 11 is 1.11. The first-order valence-electron chi connectivity index (χ1n) is 7.44. The number of ether oxygens (including phenoxy) is 1. The minimum Gasteiger partial charge on any atom is -0.355 e. The quantitative estimate of drug-likeness (QED) is 0.822. The summed E-state index contributed by atoms with van der Waals surface area (Å²) < 4.78 is 48.4. The Balaban J connectivity index is 1.59. The van der Waals surface area contributed by atoms with Crippen LogP contribution in [0, 0.1) is 6.92 Å². The first-order valence-corrected chi connectivity index (χ1v) is 8.26. The lowest BCUT2D eigenvalue weighted by Crippen LogP contribution is -2.58. The van der Waals surface area contributed by atoms with Crippen molar-refractivity contribution in [3.05, 3.63) is 28.3 Å². The van der Waals surface area contributed by atoms with Gasteiger partial charge in [0.1, 0.15) is 11.9 Å². The van der Waals surface area contributed by atoms with E-state index in [2.05, 4.69) is 9.68 Å². The Morgan fingerprint density at radius 1 is 1.42 bits per heavy atom. The van der Waals surface area contributed by atoms with Crippen LogP contribution in [0.4, 0.5) is 13.2 Å². The number of hydrogen-bond donors (Lipinski definition) is 0. The maximum absolute atomic E-state index is 12.8. The van der Waals surface area contributed by atoms with Crippen molar-refractivity contribution in [3.8, 4) is 10.6 Å². The molecule has 3 aliphatic rings. The molecule has 2 aromatic rings. The zero-order valence-corrected chi connectivity index (χ0v) is 13.4. The molecule has 0 radical (unpaired) electrons. The van der Waals surface area contributed by atoms with Crippen molar-refractivity contribution < 1.29 is 27.2 Å². The average molecular weight is 358 g/mol. The van der Waals surface area contributed by atoms with Gasteiger partial charge in [0.2, 0.25) is 5.76 Å². The van der Waals surface area contributed by atoms with Crippen molar-refractivity contribution in [2.45, 2.75) is 38.3 Å². The van der Waals surface area contributed by atoms with E-state index in [1.54, 1.807) is 17.0 Å². The van der Waals surface area contributed by atoms with E-state index in [1.165, 1.54) is 6.92 Å². The molecule has 128 valence electrons. The van der Waals surface area contributed by atoms with Crippen molar-refractivity contribution in [1.29, 1.82) is 0 Å². The number of alkyl halides is 3. The molecule has 24 heavy (non-hydrogen) atoms. The molecule has 9 heteroatoms. The minimum atomic E-state index is -4.59. The summed E-state index contributed by atoms with van der Waals surface area (Å²) in [5.41, 5.74) is 0.0384. The fraction of sp³-hybridized carbons (Fsp3) is 0.467. The van der Waals surface area contributed by atoms with Gasteiger partial charge in [-0.15, -0.1) is 11.3 Å². The fourth-order valence-electron chi connectivity index (χ4n) is 3.03. The molecule has 0 aromatic carbocycles. The number of hydrogen-bond acceptors (Lipinski definition) is 5. The Morgan fingerprint density at radius 2 is 2.17 bits per heavy atom. The summed E-state index contributed by atoms with van der Waals surface area (Å²) in [5, 5.41) is 3.53. The van der Waals surface area contributed by atoms with Crippen LogP contribution in [-0.2, 0) is 10.9 Å². The van der Waals surface area contributed by atoms with Gasteiger partial charge in [0.05, 0.1) is 15.9 Å². The summed E-state index contributed by atoms with van der Waals surface area (Å²) in [7, 11) is 0. The molecule has 3 fully saturated rings. The predicted molar refractivity (Wildman–Crippen MR) is 78.5 cm³/mol. The number of carbonyl (C=O) groups is 1. The Kier molecular flexibility index (Phi) is 3.47. The van der Waals surface area contributed by atoms with Crippen LogP contribution in [0.15, 0.2) is 16.7 Å². The third kappa shape index (κ3) is 2.42. The van der Waals surface area contributed by atoms with Crippen LogP contribution >= 0.6 is 11.3 Å². The molecule has 0 spiro atoms. The minimum absolute atomic E-state index is 0.0773. The number of halogens is 3. The van der Waals surface area contributed by atoms with E-state index in [0.717, 1.165) is 24.2 Å². The van der Waals surface area contributed by atoms with E-state index in [0.29, 0.717) is 16.3 Å². The van der Waals surface area contributed by atoms with Gasteiger partial charge in [-0.1, -0.05) is 5.16 Å². The zero-order chi connectivity index (χ0) is 17.1. The molecule has 2 bridgehead atoms. The van der Waals surface area contributed by atoms with Crippen LogP contribution in [0.25, 0.3) is 10.6 Å². The largest absolute Gasteiger partial charge is 0.452 e. The number of thiophene rings is 1. The number of rotatable bonds is 2. The third-order valence-electron chi connectivity index (χ3n) is 4.35. The van der Waals surface area contributed by atoms with E-state index in [1.807, 2.05) is 0 Å². The summed E-state index contributed by atoms with van der Waals surface area (Å²) in [5.74, 6) is -1.27. The predicted octanol–water partition coefficient (Wildman–Crippen LogP) is 3.69. The highest BCUT2D eigenvalue weighted by Gasteiger charge is 2.43. The molecule has 3 aliphatic heterocycles. The van der Waals surface area contributed by atoms with Crippen LogP contribution < -0.4 is 0 Å². The van der Waals surface area contributed by atoms with Crippen LogP contribution in [0.1, 0.15) is 33.8 Å². The van der Waals surface area contributed by atoms with Crippen LogP contribution in [0.3, 0.4) is 0 Å². The van der Waals surface area contributed by atoms with E-state index >= 15 is 0 Å². The van der Waals surface area contributed by atoms with Crippen molar-refractivity contribution in [3.63, 3.8) is 0 Å². The van der Waals surface area contributed by atoms with E-state index < -0.39 is 11.9 Å². The van der Waals surface area contributed by atoms with E-state index in [-0.39, 0.29) is 29.5 Å². The summed E-state index contributed by atoms with van der Waals surface area (Å²) in [4.78, 5) is 15.2. The second-order valence-corrected chi connectivity index (χ2v) is 6.97. The highest BCUT2D eigenvalue weighted by atomic mass is 32.1. The van der Waals surface area contributed by atoms with Crippen LogP contribution in [0.5, 0.6) is 0 Å². The van der Waals surface area contributed by atoms with Crippen molar-refractivity contribution >= 4 is 17.2 Å². The summed E-state index contributed by atoms with van der Waals surface area (Å²) in [6, 6.07) is 3.20. The van der Waals surface area contributed by atoms with Gasteiger partial charge in [-0.3, -0.25) is 4.79 Å². The number of nitrogens with zero attached hydrogens (tertiary/aromatic N) is 2. The Bertz CT molecular complexity index is 789. The zero-order valence-electron chi connectivity index (χ0n) is 12.6. The van der Waals surface area contributed by atoms with Gasteiger partial charge in [0, 0.05) is 18.5 Å².